The van der Waals surface area contributed by atoms with Gasteiger partial charge in [0.15, 0.2) is 0 Å². The fourth-order valence-corrected chi connectivity index (χ4v) is 2.81. The summed E-state index contributed by atoms with van der Waals surface area (Å²) in [5.41, 5.74) is -0.315. The molecule has 1 aliphatic carbocycles. The van der Waals surface area contributed by atoms with Gasteiger partial charge in [0.05, 0.1) is 16.6 Å². The highest BCUT2D eigenvalue weighted by Crippen LogP contribution is 2.40. The molecule has 2 unspecified atom stereocenters. The average molecular weight is 343 g/mol. The molecule has 0 saturated heterocycles. The summed E-state index contributed by atoms with van der Waals surface area (Å²) in [6.07, 6.45) is 0.0482. The predicted molar refractivity (Wildman–Crippen MR) is 76.5 cm³/mol. The van der Waals surface area contributed by atoms with Crippen molar-refractivity contribution in [3.63, 3.8) is 0 Å². The Hall–Kier alpha value is -1.47. The maximum Gasteiger partial charge on any atom is 0.284 e. The summed E-state index contributed by atoms with van der Waals surface area (Å²) in [4.78, 5) is 22.5. The molecule has 2 N–H and O–H groups in total. The van der Waals surface area contributed by atoms with E-state index in [1.807, 2.05) is 13.8 Å². The molecule has 0 aliphatic heterocycles. The lowest BCUT2D eigenvalue weighted by Crippen LogP contribution is -2.61. The zero-order valence-corrected chi connectivity index (χ0v) is 12.7. The Bertz CT molecular complexity index is 573. The molecule has 0 spiro atoms. The molecule has 0 bridgehead atoms. The molecule has 1 aliphatic rings. The lowest BCUT2D eigenvalue weighted by atomic mass is 9.64. The van der Waals surface area contributed by atoms with Crippen LogP contribution in [0.1, 0.15) is 30.6 Å². The number of hydrogen-bond donors (Lipinski definition) is 2. The molecule has 1 amide bonds. The molecule has 1 saturated carbocycles. The first-order valence-electron chi connectivity index (χ1n) is 6.17. The van der Waals surface area contributed by atoms with E-state index < -0.39 is 11.0 Å². The number of amides is 1. The lowest BCUT2D eigenvalue weighted by molar-refractivity contribution is -0.385. The zero-order chi connectivity index (χ0) is 15.1. The topological polar surface area (TPSA) is 92.5 Å². The summed E-state index contributed by atoms with van der Waals surface area (Å²) in [5.74, 6) is -0.384. The van der Waals surface area contributed by atoms with Crippen LogP contribution in [0.4, 0.5) is 5.69 Å². The summed E-state index contributed by atoms with van der Waals surface area (Å²) in [5, 5.41) is 23.3. The van der Waals surface area contributed by atoms with Gasteiger partial charge in [0.2, 0.25) is 0 Å². The number of nitrogens with one attached hydrogen (secondary N) is 1. The molecule has 108 valence electrons. The van der Waals surface area contributed by atoms with E-state index in [0.29, 0.717) is 6.42 Å². The van der Waals surface area contributed by atoms with Crippen LogP contribution in [0, 0.1) is 15.5 Å². The van der Waals surface area contributed by atoms with Gasteiger partial charge in [0.25, 0.3) is 11.6 Å². The van der Waals surface area contributed by atoms with Crippen LogP contribution in [0.2, 0.25) is 0 Å². The minimum atomic E-state index is -0.544. The minimum absolute atomic E-state index is 0.142. The van der Waals surface area contributed by atoms with E-state index >= 15 is 0 Å². The fourth-order valence-electron chi connectivity index (χ4n) is 2.22. The van der Waals surface area contributed by atoms with Gasteiger partial charge in [-0.3, -0.25) is 14.9 Å². The maximum atomic E-state index is 12.2. The van der Waals surface area contributed by atoms with Crippen LogP contribution in [0.15, 0.2) is 22.7 Å². The lowest BCUT2D eigenvalue weighted by Gasteiger charge is -2.49. The number of carbonyl (C=O) groups is 1. The van der Waals surface area contributed by atoms with Crippen molar-refractivity contribution in [2.45, 2.75) is 32.4 Å². The van der Waals surface area contributed by atoms with Crippen LogP contribution in [0.25, 0.3) is 0 Å². The standard InChI is InChI=1S/C13H15BrN2O4/c1-13(2)9(6-10(13)17)15-12(18)7-4-3-5-8(11(7)14)16(19)20/h3-5,9-10,17H,6H2,1-2H3,(H,15,18). The van der Waals surface area contributed by atoms with Crippen molar-refractivity contribution in [3.05, 3.63) is 38.3 Å². The van der Waals surface area contributed by atoms with E-state index in [4.69, 9.17) is 0 Å². The molecule has 0 aromatic heterocycles. The largest absolute Gasteiger partial charge is 0.392 e. The Labute approximate surface area is 124 Å². The van der Waals surface area contributed by atoms with E-state index in [2.05, 4.69) is 21.2 Å². The number of hydrogen-bond acceptors (Lipinski definition) is 4. The van der Waals surface area contributed by atoms with Gasteiger partial charge in [-0.15, -0.1) is 0 Å². The Morgan fingerprint density at radius 2 is 2.20 bits per heavy atom. The molecule has 2 rings (SSSR count). The number of halogens is 1. The highest BCUT2D eigenvalue weighted by atomic mass is 79.9. The van der Waals surface area contributed by atoms with Gasteiger partial charge in [0.1, 0.15) is 4.47 Å². The summed E-state index contributed by atoms with van der Waals surface area (Å²) >= 11 is 3.10. The third-order valence-corrected chi connectivity index (χ3v) is 4.77. The average Bonchev–Trinajstić information content (AvgIpc) is 2.38. The van der Waals surface area contributed by atoms with Crippen molar-refractivity contribution in [3.8, 4) is 0 Å². The molecule has 0 radical (unpaired) electrons. The number of aliphatic hydroxyl groups is 1. The van der Waals surface area contributed by atoms with Gasteiger partial charge in [-0.05, 0) is 28.4 Å². The molecule has 6 nitrogen and oxygen atoms in total. The third kappa shape index (κ3) is 2.43. The highest BCUT2D eigenvalue weighted by Gasteiger charge is 2.48. The number of aliphatic hydroxyl groups excluding tert-OH is 1. The first-order chi connectivity index (χ1) is 9.25. The molecule has 7 heteroatoms. The second-order valence-corrected chi connectivity index (χ2v) is 6.29. The van der Waals surface area contributed by atoms with E-state index in [-0.39, 0.29) is 33.1 Å². The normalized spacial score (nSPS) is 23.8. The molecule has 1 aromatic carbocycles. The van der Waals surface area contributed by atoms with Gasteiger partial charge in [0, 0.05) is 17.5 Å². The van der Waals surface area contributed by atoms with Gasteiger partial charge < -0.3 is 10.4 Å². The summed E-state index contributed by atoms with van der Waals surface area (Å²) in [6, 6.07) is 4.18. The van der Waals surface area contributed by atoms with Crippen molar-refractivity contribution in [1.82, 2.24) is 5.32 Å². The third-order valence-electron chi connectivity index (χ3n) is 3.94. The van der Waals surface area contributed by atoms with Gasteiger partial charge >= 0.3 is 0 Å². The number of benzene rings is 1. The first kappa shape index (κ1) is 14.9. The Kier molecular flexibility index (Phi) is 3.84. The second kappa shape index (κ2) is 5.14. The van der Waals surface area contributed by atoms with Gasteiger partial charge in [-0.2, -0.15) is 0 Å². The molecule has 1 aromatic rings. The molecular weight excluding hydrogens is 328 g/mol. The number of nitro groups is 1. The zero-order valence-electron chi connectivity index (χ0n) is 11.1. The van der Waals surface area contributed by atoms with Crippen LogP contribution in [-0.2, 0) is 0 Å². The highest BCUT2D eigenvalue weighted by molar-refractivity contribution is 9.10. The van der Waals surface area contributed by atoms with Crippen LogP contribution >= 0.6 is 15.9 Å². The smallest absolute Gasteiger partial charge is 0.284 e. The van der Waals surface area contributed by atoms with Crippen LogP contribution < -0.4 is 5.32 Å². The summed E-state index contributed by atoms with van der Waals surface area (Å²) < 4.78 is 0.167. The molecular formula is C13H15BrN2O4. The van der Waals surface area contributed by atoms with Crippen molar-refractivity contribution in [2.75, 3.05) is 0 Å². The Balaban J connectivity index is 2.19. The quantitative estimate of drug-likeness (QED) is 0.650. The summed E-state index contributed by atoms with van der Waals surface area (Å²) in [6.45, 7) is 3.74. The fraction of sp³-hybridized carbons (Fsp3) is 0.462. The van der Waals surface area contributed by atoms with Crippen LogP contribution in [0.5, 0.6) is 0 Å². The second-order valence-electron chi connectivity index (χ2n) is 5.49. The molecule has 1 fully saturated rings. The summed E-state index contributed by atoms with van der Waals surface area (Å²) in [7, 11) is 0. The van der Waals surface area contributed by atoms with Gasteiger partial charge in [-0.1, -0.05) is 19.9 Å². The van der Waals surface area contributed by atoms with E-state index in [0.717, 1.165) is 0 Å². The van der Waals surface area contributed by atoms with E-state index in [9.17, 15) is 20.0 Å². The number of rotatable bonds is 3. The minimum Gasteiger partial charge on any atom is -0.392 e. The molecule has 20 heavy (non-hydrogen) atoms. The molecule has 2 atom stereocenters. The Morgan fingerprint density at radius 1 is 1.55 bits per heavy atom. The van der Waals surface area contributed by atoms with Gasteiger partial charge in [-0.25, -0.2) is 0 Å². The van der Waals surface area contributed by atoms with E-state index in [1.54, 1.807) is 0 Å². The number of carbonyl (C=O) groups excluding carboxylic acids is 1. The van der Waals surface area contributed by atoms with Crippen LogP contribution in [-0.4, -0.2) is 28.1 Å². The van der Waals surface area contributed by atoms with Crippen molar-refractivity contribution in [2.24, 2.45) is 5.41 Å². The monoisotopic (exact) mass is 342 g/mol. The van der Waals surface area contributed by atoms with Crippen molar-refractivity contribution < 1.29 is 14.8 Å². The number of nitro benzene ring substituents is 1. The number of nitrogens with zero attached hydrogens (tertiary/aromatic N) is 1. The predicted octanol–water partition coefficient (Wildman–Crippen LogP) is 2.25. The van der Waals surface area contributed by atoms with Crippen molar-refractivity contribution in [1.29, 1.82) is 0 Å². The van der Waals surface area contributed by atoms with Crippen LogP contribution in [0.3, 0.4) is 0 Å². The maximum absolute atomic E-state index is 12.2. The first-order valence-corrected chi connectivity index (χ1v) is 6.96. The van der Waals surface area contributed by atoms with E-state index in [1.165, 1.54) is 18.2 Å². The van der Waals surface area contributed by atoms with Crippen molar-refractivity contribution >= 4 is 27.5 Å². The SMILES string of the molecule is CC1(C)C(O)CC1NC(=O)c1cccc([N+](=O)[O-])c1Br. The molecule has 0 heterocycles. The Morgan fingerprint density at radius 3 is 2.70 bits per heavy atom.